The number of hydrogen-bond donors (Lipinski definition) is 2. The molecule has 2 aromatic rings. The molecule has 5 nitrogen and oxygen atoms in total. The van der Waals surface area contributed by atoms with Crippen LogP contribution in [0.3, 0.4) is 0 Å². The number of hydrogen-bond acceptors (Lipinski definition) is 3. The number of amides is 2. The Kier molecular flexibility index (Phi) is 5.96. The van der Waals surface area contributed by atoms with E-state index in [4.69, 9.17) is 4.74 Å². The lowest BCUT2D eigenvalue weighted by atomic mass is 10.1. The summed E-state index contributed by atoms with van der Waals surface area (Å²) in [6, 6.07) is 13.1. The molecule has 3 rings (SSSR count). The first-order valence-corrected chi connectivity index (χ1v) is 8.67. The Bertz CT molecular complexity index is 788. The van der Waals surface area contributed by atoms with Crippen LogP contribution in [0.4, 0.5) is 10.1 Å². The molecule has 0 aliphatic carbocycles. The normalized spacial score (nSPS) is 16.3. The molecule has 2 aromatic carbocycles. The number of carbonyl (C=O) groups is 2. The highest BCUT2D eigenvalue weighted by Gasteiger charge is 2.23. The Morgan fingerprint density at radius 2 is 2.00 bits per heavy atom. The van der Waals surface area contributed by atoms with Gasteiger partial charge in [-0.2, -0.15) is 0 Å². The van der Waals surface area contributed by atoms with Crippen molar-refractivity contribution in [1.82, 2.24) is 5.32 Å². The summed E-state index contributed by atoms with van der Waals surface area (Å²) < 4.78 is 18.5. The third-order valence-electron chi connectivity index (χ3n) is 4.20. The molecule has 1 aliphatic heterocycles. The van der Waals surface area contributed by atoms with E-state index in [-0.39, 0.29) is 17.6 Å². The van der Waals surface area contributed by atoms with Crippen LogP contribution in [-0.2, 0) is 16.0 Å². The van der Waals surface area contributed by atoms with Gasteiger partial charge in [-0.15, -0.1) is 0 Å². The zero-order valence-electron chi connectivity index (χ0n) is 14.3. The van der Waals surface area contributed by atoms with Crippen LogP contribution in [0, 0.1) is 5.82 Å². The molecule has 6 heteroatoms. The van der Waals surface area contributed by atoms with Crippen molar-refractivity contribution in [2.75, 3.05) is 18.5 Å². The Hall–Kier alpha value is -2.73. The highest BCUT2D eigenvalue weighted by Crippen LogP contribution is 2.16. The van der Waals surface area contributed by atoms with Gasteiger partial charge in [0.05, 0.1) is 0 Å². The molecule has 1 aliphatic rings. The van der Waals surface area contributed by atoms with E-state index in [9.17, 15) is 14.0 Å². The summed E-state index contributed by atoms with van der Waals surface area (Å²) in [5.74, 6) is -0.718. The lowest BCUT2D eigenvalue weighted by Gasteiger charge is -2.11. The molecule has 1 atom stereocenters. The number of anilines is 1. The zero-order chi connectivity index (χ0) is 18.4. The van der Waals surface area contributed by atoms with Crippen molar-refractivity contribution in [3.8, 4) is 0 Å². The number of benzene rings is 2. The molecule has 0 spiro atoms. The van der Waals surface area contributed by atoms with Crippen LogP contribution in [-0.4, -0.2) is 31.1 Å². The summed E-state index contributed by atoms with van der Waals surface area (Å²) in [6.45, 7) is 1.00. The maximum atomic E-state index is 13.1. The Labute approximate surface area is 151 Å². The number of nitrogens with one attached hydrogen (secondary N) is 2. The van der Waals surface area contributed by atoms with Crippen LogP contribution in [0.15, 0.2) is 48.5 Å². The number of halogens is 1. The van der Waals surface area contributed by atoms with E-state index in [1.807, 2.05) is 6.07 Å². The minimum atomic E-state index is -0.418. The molecule has 0 radical (unpaired) electrons. The second kappa shape index (κ2) is 8.58. The summed E-state index contributed by atoms with van der Waals surface area (Å²) in [6.07, 6.45) is 1.72. The monoisotopic (exact) mass is 356 g/mol. The summed E-state index contributed by atoms with van der Waals surface area (Å²) in [5, 5.41) is 5.59. The number of rotatable bonds is 6. The molecule has 1 fully saturated rings. The van der Waals surface area contributed by atoms with E-state index in [1.165, 1.54) is 12.1 Å². The molecule has 136 valence electrons. The van der Waals surface area contributed by atoms with Crippen molar-refractivity contribution in [3.63, 3.8) is 0 Å². The van der Waals surface area contributed by atoms with Crippen molar-refractivity contribution in [1.29, 1.82) is 0 Å². The van der Waals surface area contributed by atoms with Gasteiger partial charge in [-0.25, -0.2) is 4.39 Å². The maximum absolute atomic E-state index is 13.1. The third-order valence-corrected chi connectivity index (χ3v) is 4.20. The second-order valence-electron chi connectivity index (χ2n) is 6.21. The van der Waals surface area contributed by atoms with Gasteiger partial charge in [-0.05, 0) is 55.2 Å². The summed E-state index contributed by atoms with van der Waals surface area (Å²) in [5.41, 5.74) is 1.83. The first kappa shape index (κ1) is 18.1. The topological polar surface area (TPSA) is 67.4 Å². The SMILES string of the molecule is O=C(NCCc1cccc(F)c1)c1cccc(NC(=O)C2CCCO2)c1. The van der Waals surface area contributed by atoms with Crippen LogP contribution in [0.2, 0.25) is 0 Å². The zero-order valence-corrected chi connectivity index (χ0v) is 14.3. The molecule has 2 amide bonds. The van der Waals surface area contributed by atoms with Gasteiger partial charge in [-0.3, -0.25) is 9.59 Å². The molecule has 26 heavy (non-hydrogen) atoms. The van der Waals surface area contributed by atoms with E-state index >= 15 is 0 Å². The number of ether oxygens (including phenoxy) is 1. The largest absolute Gasteiger partial charge is 0.368 e. The van der Waals surface area contributed by atoms with Crippen LogP contribution in [0.5, 0.6) is 0 Å². The maximum Gasteiger partial charge on any atom is 0.253 e. The van der Waals surface area contributed by atoms with Crippen molar-refractivity contribution in [3.05, 3.63) is 65.5 Å². The number of carbonyl (C=O) groups excluding carboxylic acids is 2. The smallest absolute Gasteiger partial charge is 0.253 e. The fourth-order valence-electron chi connectivity index (χ4n) is 2.86. The van der Waals surface area contributed by atoms with Gasteiger partial charge in [0.25, 0.3) is 11.8 Å². The Morgan fingerprint density at radius 1 is 1.15 bits per heavy atom. The van der Waals surface area contributed by atoms with Crippen LogP contribution in [0.1, 0.15) is 28.8 Å². The standard InChI is InChI=1S/C20H21FN2O3/c21-16-6-1-4-14(12-16)9-10-22-19(24)15-5-2-7-17(13-15)23-20(25)18-8-3-11-26-18/h1-2,4-7,12-13,18H,3,8-11H2,(H,22,24)(H,23,25). The van der Waals surface area contributed by atoms with E-state index < -0.39 is 6.10 Å². The van der Waals surface area contributed by atoms with Crippen LogP contribution < -0.4 is 10.6 Å². The fourth-order valence-corrected chi connectivity index (χ4v) is 2.86. The van der Waals surface area contributed by atoms with Crippen LogP contribution >= 0.6 is 0 Å². The summed E-state index contributed by atoms with van der Waals surface area (Å²) in [7, 11) is 0. The van der Waals surface area contributed by atoms with Gasteiger partial charge >= 0.3 is 0 Å². The van der Waals surface area contributed by atoms with Crippen molar-refractivity contribution >= 4 is 17.5 Å². The highest BCUT2D eigenvalue weighted by molar-refractivity contribution is 5.98. The van der Waals surface area contributed by atoms with Gasteiger partial charge in [0, 0.05) is 24.4 Å². The molecule has 0 saturated carbocycles. The Balaban J connectivity index is 1.53. The second-order valence-corrected chi connectivity index (χ2v) is 6.21. The predicted octanol–water partition coefficient (Wildman–Crippen LogP) is 2.92. The summed E-state index contributed by atoms with van der Waals surface area (Å²) >= 11 is 0. The fraction of sp³-hybridized carbons (Fsp3) is 0.300. The average Bonchev–Trinajstić information content (AvgIpc) is 3.17. The Morgan fingerprint density at radius 3 is 2.77 bits per heavy atom. The van der Waals surface area contributed by atoms with Gasteiger partial charge in [-0.1, -0.05) is 18.2 Å². The average molecular weight is 356 g/mol. The molecule has 2 N–H and O–H groups in total. The van der Waals surface area contributed by atoms with Crippen molar-refractivity contribution in [2.24, 2.45) is 0 Å². The highest BCUT2D eigenvalue weighted by atomic mass is 19.1. The van der Waals surface area contributed by atoms with Crippen LogP contribution in [0.25, 0.3) is 0 Å². The molecular weight excluding hydrogens is 335 g/mol. The first-order valence-electron chi connectivity index (χ1n) is 8.67. The van der Waals surface area contributed by atoms with Crippen molar-refractivity contribution < 1.29 is 18.7 Å². The minimum absolute atomic E-state index is 0.189. The molecular formula is C20H21FN2O3. The molecule has 0 aromatic heterocycles. The molecule has 1 heterocycles. The van der Waals surface area contributed by atoms with E-state index in [2.05, 4.69) is 10.6 Å². The van der Waals surface area contributed by atoms with Gasteiger partial charge in [0.15, 0.2) is 0 Å². The molecule has 1 unspecified atom stereocenters. The van der Waals surface area contributed by atoms with E-state index in [1.54, 1.807) is 30.3 Å². The van der Waals surface area contributed by atoms with E-state index in [0.29, 0.717) is 37.2 Å². The van der Waals surface area contributed by atoms with Gasteiger partial charge < -0.3 is 15.4 Å². The summed E-state index contributed by atoms with van der Waals surface area (Å²) in [4.78, 5) is 24.4. The first-order chi connectivity index (χ1) is 12.6. The van der Waals surface area contributed by atoms with Gasteiger partial charge in [0.1, 0.15) is 11.9 Å². The quantitative estimate of drug-likeness (QED) is 0.836. The lowest BCUT2D eigenvalue weighted by molar-refractivity contribution is -0.124. The van der Waals surface area contributed by atoms with Crippen molar-refractivity contribution in [2.45, 2.75) is 25.4 Å². The van der Waals surface area contributed by atoms with Gasteiger partial charge in [0.2, 0.25) is 0 Å². The minimum Gasteiger partial charge on any atom is -0.368 e. The molecule has 0 bridgehead atoms. The van der Waals surface area contributed by atoms with E-state index in [0.717, 1.165) is 12.0 Å². The third kappa shape index (κ3) is 4.89. The predicted molar refractivity (Wildman–Crippen MR) is 96.5 cm³/mol. The molecule has 1 saturated heterocycles. The lowest BCUT2D eigenvalue weighted by Crippen LogP contribution is -2.28.